The number of hydrogen-bond donors (Lipinski definition) is 3. The molecule has 7 nitrogen and oxygen atoms in total. The van der Waals surface area contributed by atoms with Gasteiger partial charge < -0.3 is 19.8 Å². The Morgan fingerprint density at radius 3 is 2.27 bits per heavy atom. The first-order valence-corrected chi connectivity index (χ1v) is 11.3. The van der Waals surface area contributed by atoms with Crippen molar-refractivity contribution in [2.45, 2.75) is 51.9 Å². The van der Waals surface area contributed by atoms with E-state index in [2.05, 4.69) is 34.1 Å². The zero-order chi connectivity index (χ0) is 24.0. The summed E-state index contributed by atoms with van der Waals surface area (Å²) in [6, 6.07) is 11.5. The van der Waals surface area contributed by atoms with Crippen LogP contribution in [0.5, 0.6) is 5.75 Å². The number of aliphatic hydroxyl groups is 2. The lowest BCUT2D eigenvalue weighted by molar-refractivity contribution is -0.127. The number of aromatic amines is 1. The summed E-state index contributed by atoms with van der Waals surface area (Å²) in [4.78, 5) is 6.65. The Hall–Kier alpha value is -2.74. The van der Waals surface area contributed by atoms with Gasteiger partial charge in [-0.1, -0.05) is 19.1 Å². The van der Waals surface area contributed by atoms with Gasteiger partial charge in [-0.3, -0.25) is 10.1 Å². The minimum absolute atomic E-state index is 0.0797. The second-order valence-corrected chi connectivity index (χ2v) is 10.3. The molecule has 0 radical (unpaired) electrons. The van der Waals surface area contributed by atoms with Crippen LogP contribution in [-0.2, 0) is 11.2 Å². The molecule has 0 bridgehead atoms. The average molecular weight is 451 g/mol. The van der Waals surface area contributed by atoms with E-state index in [4.69, 9.17) is 4.74 Å². The van der Waals surface area contributed by atoms with Crippen LogP contribution in [0.4, 0.5) is 0 Å². The fourth-order valence-electron chi connectivity index (χ4n) is 4.85. The van der Waals surface area contributed by atoms with Crippen LogP contribution in [0, 0.1) is 5.41 Å². The van der Waals surface area contributed by atoms with Crippen molar-refractivity contribution in [2.24, 2.45) is 5.41 Å². The topological polar surface area (TPSA) is 94.5 Å². The quantitative estimate of drug-likeness (QED) is 0.508. The number of nitrogens with zero attached hydrogens (tertiary/aromatic N) is 3. The summed E-state index contributed by atoms with van der Waals surface area (Å²) < 4.78 is 5.80. The molecule has 1 fully saturated rings. The van der Waals surface area contributed by atoms with E-state index < -0.39 is 16.6 Å². The number of pyridine rings is 1. The number of benzene rings is 1. The lowest BCUT2D eigenvalue weighted by Gasteiger charge is -2.55. The SMILES string of the molecule is CC(C)Oc1ccc([C@](O)(c2cncc(-c3cc(C(C)(C)O)[nH]n3)c2)C2(C)CN(C)C2)cc1. The van der Waals surface area contributed by atoms with Gasteiger partial charge in [0.25, 0.3) is 0 Å². The van der Waals surface area contributed by atoms with E-state index in [0.29, 0.717) is 17.0 Å². The smallest absolute Gasteiger partial charge is 0.124 e. The molecule has 0 aliphatic carbocycles. The van der Waals surface area contributed by atoms with Crippen LogP contribution in [0.1, 0.15) is 51.4 Å². The van der Waals surface area contributed by atoms with Crippen molar-refractivity contribution in [3.05, 3.63) is 65.6 Å². The van der Waals surface area contributed by atoms with Crippen LogP contribution in [0.15, 0.2) is 48.8 Å². The van der Waals surface area contributed by atoms with Crippen molar-refractivity contribution >= 4 is 0 Å². The average Bonchev–Trinajstić information content (AvgIpc) is 3.23. The number of H-pyrrole nitrogens is 1. The van der Waals surface area contributed by atoms with E-state index in [1.165, 1.54) is 0 Å². The lowest BCUT2D eigenvalue weighted by Crippen LogP contribution is -2.63. The number of likely N-dealkylation sites (tertiary alicyclic amines) is 1. The number of rotatable bonds is 7. The number of aromatic nitrogens is 3. The number of ether oxygens (including phenoxy) is 1. The fourth-order valence-corrected chi connectivity index (χ4v) is 4.85. The Morgan fingerprint density at radius 1 is 1.06 bits per heavy atom. The van der Waals surface area contributed by atoms with Gasteiger partial charge >= 0.3 is 0 Å². The van der Waals surface area contributed by atoms with Crippen LogP contribution < -0.4 is 4.74 Å². The zero-order valence-corrected chi connectivity index (χ0v) is 20.3. The molecule has 0 amide bonds. The van der Waals surface area contributed by atoms with Crippen LogP contribution in [-0.4, -0.2) is 56.5 Å². The van der Waals surface area contributed by atoms with E-state index in [9.17, 15) is 10.2 Å². The highest BCUT2D eigenvalue weighted by atomic mass is 16.5. The third-order valence-electron chi connectivity index (χ3n) is 6.44. The molecule has 0 spiro atoms. The molecule has 4 rings (SSSR count). The fraction of sp³-hybridized carbons (Fsp3) is 0.462. The summed E-state index contributed by atoms with van der Waals surface area (Å²) in [5.74, 6) is 0.773. The monoisotopic (exact) mass is 450 g/mol. The Bertz CT molecular complexity index is 1110. The maximum Gasteiger partial charge on any atom is 0.124 e. The van der Waals surface area contributed by atoms with Crippen molar-refractivity contribution in [3.8, 4) is 17.0 Å². The van der Waals surface area contributed by atoms with Crippen LogP contribution in [0.25, 0.3) is 11.3 Å². The minimum Gasteiger partial charge on any atom is -0.491 e. The standard InChI is InChI=1S/C26H34N4O3/c1-17(2)33-21-9-7-19(8-10-21)26(32,25(5)15-30(6)16-25)20-11-18(13-27-14-20)22-12-23(29-28-22)24(3,4)31/h7-14,17,31-32H,15-16H2,1-6H3,(H,28,29)/t26-/m0/s1. The van der Waals surface area contributed by atoms with Crippen LogP contribution >= 0.6 is 0 Å². The number of hydrogen-bond acceptors (Lipinski definition) is 6. The molecule has 0 unspecified atom stereocenters. The Kier molecular flexibility index (Phi) is 5.85. The van der Waals surface area contributed by atoms with Crippen molar-refractivity contribution in [3.63, 3.8) is 0 Å². The van der Waals surface area contributed by atoms with Gasteiger partial charge in [0.05, 0.1) is 17.5 Å². The molecule has 3 N–H and O–H groups in total. The molecule has 1 saturated heterocycles. The first-order chi connectivity index (χ1) is 15.4. The molecule has 33 heavy (non-hydrogen) atoms. The summed E-state index contributed by atoms with van der Waals surface area (Å²) in [5.41, 5.74) is 0.885. The molecular formula is C26H34N4O3. The van der Waals surface area contributed by atoms with E-state index >= 15 is 0 Å². The van der Waals surface area contributed by atoms with E-state index in [-0.39, 0.29) is 6.10 Å². The third-order valence-corrected chi connectivity index (χ3v) is 6.44. The van der Waals surface area contributed by atoms with E-state index in [0.717, 1.165) is 30.0 Å². The van der Waals surface area contributed by atoms with Gasteiger partial charge in [0.2, 0.25) is 0 Å². The van der Waals surface area contributed by atoms with Crippen LogP contribution in [0.3, 0.4) is 0 Å². The first-order valence-electron chi connectivity index (χ1n) is 11.3. The van der Waals surface area contributed by atoms with E-state index in [1.807, 2.05) is 50.2 Å². The molecule has 1 aliphatic rings. The van der Waals surface area contributed by atoms with Crippen molar-refractivity contribution in [2.75, 3.05) is 20.1 Å². The Labute approximate surface area is 195 Å². The predicted molar refractivity (Wildman–Crippen MR) is 128 cm³/mol. The van der Waals surface area contributed by atoms with Gasteiger partial charge in [0.15, 0.2) is 0 Å². The molecule has 1 aliphatic heterocycles. The maximum absolute atomic E-state index is 12.4. The maximum atomic E-state index is 12.4. The molecule has 0 saturated carbocycles. The second kappa shape index (κ2) is 8.24. The second-order valence-electron chi connectivity index (χ2n) is 10.3. The van der Waals surface area contributed by atoms with Gasteiger partial charge in [0.1, 0.15) is 17.0 Å². The molecular weight excluding hydrogens is 416 g/mol. The van der Waals surface area contributed by atoms with E-state index in [1.54, 1.807) is 26.2 Å². The largest absolute Gasteiger partial charge is 0.491 e. The van der Waals surface area contributed by atoms with Gasteiger partial charge in [0, 0.05) is 42.0 Å². The normalized spacial score (nSPS) is 18.1. The van der Waals surface area contributed by atoms with Crippen molar-refractivity contribution in [1.82, 2.24) is 20.1 Å². The zero-order valence-electron chi connectivity index (χ0n) is 20.3. The van der Waals surface area contributed by atoms with Gasteiger partial charge in [-0.15, -0.1) is 0 Å². The van der Waals surface area contributed by atoms with Crippen molar-refractivity contribution in [1.29, 1.82) is 0 Å². The summed E-state index contributed by atoms with van der Waals surface area (Å²) in [6.45, 7) is 11.0. The third kappa shape index (κ3) is 4.28. The molecule has 176 valence electrons. The highest BCUT2D eigenvalue weighted by molar-refractivity contribution is 5.60. The summed E-state index contributed by atoms with van der Waals surface area (Å²) in [7, 11) is 2.05. The van der Waals surface area contributed by atoms with Gasteiger partial charge in [-0.2, -0.15) is 5.10 Å². The minimum atomic E-state index is -1.26. The van der Waals surface area contributed by atoms with Gasteiger partial charge in [-0.25, -0.2) is 0 Å². The molecule has 3 heterocycles. The van der Waals surface area contributed by atoms with Crippen LogP contribution in [0.2, 0.25) is 0 Å². The molecule has 3 aromatic rings. The summed E-state index contributed by atoms with van der Waals surface area (Å²) in [5, 5.41) is 29.9. The Morgan fingerprint density at radius 2 is 1.73 bits per heavy atom. The lowest BCUT2D eigenvalue weighted by atomic mass is 9.62. The Balaban J connectivity index is 1.77. The highest BCUT2D eigenvalue weighted by Crippen LogP contribution is 2.50. The molecule has 7 heteroatoms. The highest BCUT2D eigenvalue weighted by Gasteiger charge is 2.55. The number of nitrogens with one attached hydrogen (secondary N) is 1. The predicted octanol–water partition coefficient (Wildman–Crippen LogP) is 3.67. The summed E-state index contributed by atoms with van der Waals surface area (Å²) in [6.07, 6.45) is 3.54. The summed E-state index contributed by atoms with van der Waals surface area (Å²) >= 11 is 0. The first kappa shape index (κ1) is 23.4. The van der Waals surface area contributed by atoms with Gasteiger partial charge in [-0.05, 0) is 64.6 Å². The van der Waals surface area contributed by atoms with Crippen molar-refractivity contribution < 1.29 is 14.9 Å². The molecule has 1 aromatic carbocycles. The molecule has 2 aromatic heterocycles. The molecule has 1 atom stereocenters.